The Morgan fingerprint density at radius 3 is 2.12 bits per heavy atom. The van der Waals surface area contributed by atoms with E-state index < -0.39 is 52.0 Å². The van der Waals surface area contributed by atoms with Crippen molar-refractivity contribution in [3.63, 3.8) is 0 Å². The van der Waals surface area contributed by atoms with E-state index in [1.54, 1.807) is 30.3 Å². The lowest BCUT2D eigenvalue weighted by atomic mass is 10.0. The highest BCUT2D eigenvalue weighted by molar-refractivity contribution is 7.92. The molecule has 7 nitrogen and oxygen atoms in total. The average Bonchev–Trinajstić information content (AvgIpc) is 2.92. The number of benzene rings is 3. The molecule has 0 bridgehead atoms. The maximum absolute atomic E-state index is 13.9. The Bertz CT molecular complexity index is 1460. The number of hydrogen-bond donors (Lipinski definition) is 1. The normalized spacial score (nSPS) is 12.6. The van der Waals surface area contributed by atoms with Crippen molar-refractivity contribution in [3.8, 4) is 0 Å². The van der Waals surface area contributed by atoms with Gasteiger partial charge >= 0.3 is 6.18 Å². The number of nitrogens with zero attached hydrogens (tertiary/aromatic N) is 2. The highest BCUT2D eigenvalue weighted by Gasteiger charge is 2.35. The van der Waals surface area contributed by atoms with Gasteiger partial charge in [0.25, 0.3) is 0 Å². The first-order valence-electron chi connectivity index (χ1n) is 13.2. The van der Waals surface area contributed by atoms with Crippen molar-refractivity contribution < 1.29 is 35.6 Å². The van der Waals surface area contributed by atoms with Gasteiger partial charge in [0.2, 0.25) is 21.8 Å². The van der Waals surface area contributed by atoms with Crippen LogP contribution in [0.5, 0.6) is 0 Å². The third-order valence-corrected chi connectivity index (χ3v) is 7.50. The van der Waals surface area contributed by atoms with Crippen molar-refractivity contribution >= 4 is 27.5 Å². The predicted molar refractivity (Wildman–Crippen MR) is 152 cm³/mol. The number of carbonyl (C=O) groups excluding carboxylic acids is 2. The van der Waals surface area contributed by atoms with Gasteiger partial charge < -0.3 is 10.2 Å². The third kappa shape index (κ3) is 9.30. The summed E-state index contributed by atoms with van der Waals surface area (Å²) in [5.41, 5.74) is -0.257. The van der Waals surface area contributed by atoms with Crippen molar-refractivity contribution in [2.75, 3.05) is 23.7 Å². The minimum Gasteiger partial charge on any atom is -0.354 e. The maximum atomic E-state index is 13.9. The molecule has 0 heterocycles. The van der Waals surface area contributed by atoms with E-state index in [-0.39, 0.29) is 24.6 Å². The van der Waals surface area contributed by atoms with Crippen LogP contribution < -0.4 is 9.62 Å². The van der Waals surface area contributed by atoms with E-state index in [0.29, 0.717) is 22.5 Å². The third-order valence-electron chi connectivity index (χ3n) is 6.36. The molecule has 3 aromatic rings. The zero-order valence-corrected chi connectivity index (χ0v) is 24.3. The Kier molecular flexibility index (Phi) is 10.7. The highest BCUT2D eigenvalue weighted by Crippen LogP contribution is 2.32. The SMILES string of the molecule is CC(C)CNC(=O)[C@H](Cc1ccccc1)N(Cc1ccc(F)cc1)C(=O)CN(c1cccc(C(F)(F)F)c1)S(C)(=O)=O. The second-order valence-corrected chi connectivity index (χ2v) is 12.2. The molecule has 0 saturated heterocycles. The van der Waals surface area contributed by atoms with Gasteiger partial charge in [-0.3, -0.25) is 13.9 Å². The van der Waals surface area contributed by atoms with E-state index >= 15 is 0 Å². The van der Waals surface area contributed by atoms with Gasteiger partial charge in [0, 0.05) is 19.5 Å². The molecule has 0 unspecified atom stereocenters. The quantitative estimate of drug-likeness (QED) is 0.293. The number of hydrogen-bond acceptors (Lipinski definition) is 4. The molecule has 1 N–H and O–H groups in total. The summed E-state index contributed by atoms with van der Waals surface area (Å²) in [6.45, 7) is 3.04. The van der Waals surface area contributed by atoms with Crippen LogP contribution in [0.1, 0.15) is 30.5 Å². The molecule has 0 spiro atoms. The first-order valence-corrected chi connectivity index (χ1v) is 15.0. The molecule has 2 amide bonds. The molecule has 42 heavy (non-hydrogen) atoms. The number of amides is 2. The van der Waals surface area contributed by atoms with Gasteiger partial charge in [-0.2, -0.15) is 13.2 Å². The van der Waals surface area contributed by atoms with Crippen molar-refractivity contribution in [2.45, 2.75) is 39.0 Å². The molecular formula is C30H33F4N3O4S. The fraction of sp³-hybridized carbons (Fsp3) is 0.333. The number of alkyl halides is 3. The first-order chi connectivity index (χ1) is 19.6. The van der Waals surface area contributed by atoms with Crippen LogP contribution in [0.4, 0.5) is 23.2 Å². The Morgan fingerprint density at radius 1 is 0.905 bits per heavy atom. The van der Waals surface area contributed by atoms with Gasteiger partial charge in [-0.25, -0.2) is 12.8 Å². The van der Waals surface area contributed by atoms with Crippen molar-refractivity contribution in [3.05, 3.63) is 101 Å². The lowest BCUT2D eigenvalue weighted by Gasteiger charge is -2.33. The van der Waals surface area contributed by atoms with Gasteiger partial charge in [-0.1, -0.05) is 62.4 Å². The minimum absolute atomic E-state index is 0.0696. The molecule has 1 atom stereocenters. The van der Waals surface area contributed by atoms with Gasteiger partial charge in [0.1, 0.15) is 18.4 Å². The van der Waals surface area contributed by atoms with Gasteiger partial charge in [-0.15, -0.1) is 0 Å². The largest absolute Gasteiger partial charge is 0.416 e. The zero-order chi connectivity index (χ0) is 31.1. The van der Waals surface area contributed by atoms with Crippen molar-refractivity contribution in [2.24, 2.45) is 5.92 Å². The van der Waals surface area contributed by atoms with Crippen LogP contribution in [0.15, 0.2) is 78.9 Å². The van der Waals surface area contributed by atoms with Crippen LogP contribution in [-0.2, 0) is 38.8 Å². The lowest BCUT2D eigenvalue weighted by molar-refractivity contribution is -0.140. The van der Waals surface area contributed by atoms with Gasteiger partial charge in [-0.05, 0) is 47.4 Å². The number of carbonyl (C=O) groups is 2. The molecule has 0 aliphatic rings. The molecule has 3 aromatic carbocycles. The summed E-state index contributed by atoms with van der Waals surface area (Å²) in [5, 5.41) is 2.82. The van der Waals surface area contributed by atoms with E-state index in [9.17, 15) is 35.6 Å². The maximum Gasteiger partial charge on any atom is 0.416 e. The summed E-state index contributed by atoms with van der Waals surface area (Å²) in [7, 11) is -4.25. The van der Waals surface area contributed by atoms with Crippen LogP contribution >= 0.6 is 0 Å². The van der Waals surface area contributed by atoms with Crippen LogP contribution in [0.3, 0.4) is 0 Å². The monoisotopic (exact) mass is 607 g/mol. The standard InChI is InChI=1S/C30H33F4N3O4S/c1-21(2)18-35-29(39)27(16-22-8-5-4-6-9-22)36(19-23-12-14-25(31)15-13-23)28(38)20-37(42(3,40)41)26-11-7-10-24(17-26)30(32,33)34/h4-15,17,21,27H,16,18-20H2,1-3H3,(H,35,39)/t27-/m0/s1. The number of nitrogens with one attached hydrogen (secondary N) is 1. The number of sulfonamides is 1. The zero-order valence-electron chi connectivity index (χ0n) is 23.4. The van der Waals surface area contributed by atoms with Gasteiger partial charge in [0.15, 0.2) is 0 Å². The molecule has 0 aliphatic carbocycles. The van der Waals surface area contributed by atoms with Crippen LogP contribution in [-0.4, -0.2) is 50.5 Å². The first kappa shape index (κ1) is 32.6. The molecule has 0 aliphatic heterocycles. The Balaban J connectivity index is 2.07. The molecule has 0 fully saturated rings. The lowest BCUT2D eigenvalue weighted by Crippen LogP contribution is -2.53. The van der Waals surface area contributed by atoms with Crippen LogP contribution in [0.2, 0.25) is 0 Å². The Labute approximate surface area is 243 Å². The number of anilines is 1. The van der Waals surface area contributed by atoms with E-state index in [2.05, 4.69) is 5.32 Å². The summed E-state index contributed by atoms with van der Waals surface area (Å²) in [4.78, 5) is 28.7. The van der Waals surface area contributed by atoms with Crippen LogP contribution in [0, 0.1) is 11.7 Å². The molecule has 0 radical (unpaired) electrons. The summed E-state index contributed by atoms with van der Waals surface area (Å²) in [5.74, 6) is -1.75. The molecule has 226 valence electrons. The summed E-state index contributed by atoms with van der Waals surface area (Å²) in [6.07, 6.45) is -3.89. The van der Waals surface area contributed by atoms with E-state index in [1.165, 1.54) is 29.2 Å². The molecule has 12 heteroatoms. The summed E-state index contributed by atoms with van der Waals surface area (Å²) >= 11 is 0. The highest BCUT2D eigenvalue weighted by atomic mass is 32.2. The van der Waals surface area contributed by atoms with E-state index in [4.69, 9.17) is 0 Å². The average molecular weight is 608 g/mol. The second kappa shape index (κ2) is 13.8. The molecule has 0 aromatic heterocycles. The van der Waals surface area contributed by atoms with Crippen molar-refractivity contribution in [1.29, 1.82) is 0 Å². The fourth-order valence-corrected chi connectivity index (χ4v) is 5.06. The van der Waals surface area contributed by atoms with Crippen molar-refractivity contribution in [1.82, 2.24) is 10.2 Å². The Morgan fingerprint density at radius 2 is 1.55 bits per heavy atom. The smallest absolute Gasteiger partial charge is 0.354 e. The van der Waals surface area contributed by atoms with E-state index in [1.807, 2.05) is 13.8 Å². The Hall–Kier alpha value is -3.93. The molecule has 3 rings (SSSR count). The minimum atomic E-state index is -4.74. The topological polar surface area (TPSA) is 86.8 Å². The van der Waals surface area contributed by atoms with E-state index in [0.717, 1.165) is 30.0 Å². The molecular weight excluding hydrogens is 574 g/mol. The fourth-order valence-electron chi connectivity index (χ4n) is 4.21. The van der Waals surface area contributed by atoms with Gasteiger partial charge in [0.05, 0.1) is 17.5 Å². The number of halogens is 4. The summed E-state index contributed by atoms with van der Waals surface area (Å²) in [6, 6.07) is 16.6. The number of rotatable bonds is 12. The predicted octanol–water partition coefficient (Wildman–Crippen LogP) is 5.02. The molecule has 0 saturated carbocycles. The summed E-state index contributed by atoms with van der Waals surface area (Å²) < 4.78 is 80.0. The second-order valence-electron chi connectivity index (χ2n) is 10.3. The van der Waals surface area contributed by atoms with Crippen LogP contribution in [0.25, 0.3) is 0 Å².